The molecular formula is C21H25N2O3P. The van der Waals surface area contributed by atoms with E-state index in [1.807, 2.05) is 63.2 Å². The highest BCUT2D eigenvalue weighted by atomic mass is 31.2. The van der Waals surface area contributed by atoms with E-state index in [0.29, 0.717) is 24.6 Å². The van der Waals surface area contributed by atoms with Crippen LogP contribution in [0.4, 0.5) is 0 Å². The molecule has 1 aromatic heterocycles. The molecule has 5 nitrogen and oxygen atoms in total. The van der Waals surface area contributed by atoms with Gasteiger partial charge in [-0.1, -0.05) is 30.3 Å². The Hall–Kier alpha value is -2.07. The van der Waals surface area contributed by atoms with Gasteiger partial charge in [-0.2, -0.15) is 0 Å². The molecule has 0 atom stereocenters. The number of hydrogen-bond acceptors (Lipinski definition) is 5. The van der Waals surface area contributed by atoms with Crippen molar-refractivity contribution in [2.45, 2.75) is 33.9 Å². The van der Waals surface area contributed by atoms with Crippen molar-refractivity contribution in [3.8, 4) is 11.3 Å². The molecule has 0 amide bonds. The van der Waals surface area contributed by atoms with Crippen molar-refractivity contribution < 1.29 is 13.6 Å². The minimum Gasteiger partial charge on any atom is -0.309 e. The summed E-state index contributed by atoms with van der Waals surface area (Å²) in [7, 11) is -3.29. The van der Waals surface area contributed by atoms with Crippen molar-refractivity contribution in [3.05, 3.63) is 59.3 Å². The van der Waals surface area contributed by atoms with E-state index in [0.717, 1.165) is 27.7 Å². The Kier molecular flexibility index (Phi) is 6.05. The normalized spacial score (nSPS) is 11.9. The Morgan fingerprint density at radius 2 is 1.44 bits per heavy atom. The Morgan fingerprint density at radius 3 is 2.00 bits per heavy atom. The van der Waals surface area contributed by atoms with Crippen molar-refractivity contribution in [3.63, 3.8) is 0 Å². The summed E-state index contributed by atoms with van der Waals surface area (Å²) in [6, 6.07) is 13.9. The summed E-state index contributed by atoms with van der Waals surface area (Å²) < 4.78 is 24.1. The largest absolute Gasteiger partial charge is 0.336 e. The first kappa shape index (κ1) is 19.7. The predicted molar refractivity (Wildman–Crippen MR) is 109 cm³/mol. The van der Waals surface area contributed by atoms with E-state index >= 15 is 0 Å². The van der Waals surface area contributed by atoms with E-state index in [4.69, 9.17) is 19.0 Å². The smallest absolute Gasteiger partial charge is 0.309 e. The minimum absolute atomic E-state index is 0.0920. The fourth-order valence-electron chi connectivity index (χ4n) is 2.99. The van der Waals surface area contributed by atoms with Crippen LogP contribution in [0.3, 0.4) is 0 Å². The molecule has 0 aliphatic heterocycles. The van der Waals surface area contributed by atoms with Gasteiger partial charge in [-0.05, 0) is 51.0 Å². The van der Waals surface area contributed by atoms with Crippen LogP contribution in [0.15, 0.2) is 42.5 Å². The zero-order valence-corrected chi connectivity index (χ0v) is 17.1. The molecule has 3 aromatic rings. The van der Waals surface area contributed by atoms with Crippen LogP contribution in [-0.4, -0.2) is 23.2 Å². The molecule has 0 unspecified atom stereocenters. The number of benzene rings is 2. The van der Waals surface area contributed by atoms with Crippen LogP contribution in [0.1, 0.15) is 30.7 Å². The van der Waals surface area contributed by atoms with Gasteiger partial charge in [0, 0.05) is 5.56 Å². The van der Waals surface area contributed by atoms with Crippen LogP contribution < -0.4 is 0 Å². The zero-order chi connectivity index (χ0) is 19.4. The molecule has 0 saturated heterocycles. The monoisotopic (exact) mass is 384 g/mol. The van der Waals surface area contributed by atoms with Crippen molar-refractivity contribution >= 4 is 18.6 Å². The number of hydrogen-bond donors (Lipinski definition) is 0. The van der Waals surface area contributed by atoms with Gasteiger partial charge in [0.25, 0.3) is 0 Å². The molecule has 2 aromatic carbocycles. The molecule has 0 bridgehead atoms. The third-order valence-electron chi connectivity index (χ3n) is 4.39. The molecule has 142 valence electrons. The lowest BCUT2D eigenvalue weighted by molar-refractivity contribution is 0.219. The number of aromatic nitrogens is 2. The maximum Gasteiger partial charge on any atom is 0.336 e. The van der Waals surface area contributed by atoms with Crippen LogP contribution in [-0.2, 0) is 19.8 Å². The lowest BCUT2D eigenvalue weighted by Crippen LogP contribution is -2.04. The first-order valence-electron chi connectivity index (χ1n) is 9.17. The molecule has 0 aliphatic carbocycles. The zero-order valence-electron chi connectivity index (χ0n) is 16.2. The SMILES string of the molecule is CCOP(=O)(Cc1nc2cc(C)c(C)cc2nc1-c1ccccc1)OCC. The van der Waals surface area contributed by atoms with Crippen molar-refractivity contribution in [1.82, 2.24) is 9.97 Å². The summed E-state index contributed by atoms with van der Waals surface area (Å²) in [6.07, 6.45) is 0.0920. The van der Waals surface area contributed by atoms with Gasteiger partial charge < -0.3 is 9.05 Å². The molecule has 1 heterocycles. The van der Waals surface area contributed by atoms with Gasteiger partial charge in [-0.25, -0.2) is 9.97 Å². The van der Waals surface area contributed by atoms with Crippen molar-refractivity contribution in [2.75, 3.05) is 13.2 Å². The molecular weight excluding hydrogens is 359 g/mol. The van der Waals surface area contributed by atoms with E-state index in [-0.39, 0.29) is 6.16 Å². The maximum atomic E-state index is 13.1. The summed E-state index contributed by atoms with van der Waals surface area (Å²) in [5, 5.41) is 0. The average Bonchev–Trinajstić information content (AvgIpc) is 2.63. The molecule has 0 N–H and O–H groups in total. The summed E-state index contributed by atoms with van der Waals surface area (Å²) in [5.41, 5.74) is 6.19. The second-order valence-electron chi connectivity index (χ2n) is 6.41. The summed E-state index contributed by atoms with van der Waals surface area (Å²) in [6.45, 7) is 8.36. The topological polar surface area (TPSA) is 61.3 Å². The fraction of sp³-hybridized carbons (Fsp3) is 0.333. The summed E-state index contributed by atoms with van der Waals surface area (Å²) >= 11 is 0. The molecule has 0 spiro atoms. The number of rotatable bonds is 7. The fourth-order valence-corrected chi connectivity index (χ4v) is 4.62. The van der Waals surface area contributed by atoms with E-state index in [2.05, 4.69) is 6.92 Å². The third kappa shape index (κ3) is 4.44. The van der Waals surface area contributed by atoms with Crippen LogP contribution in [0.2, 0.25) is 0 Å². The Labute approximate surface area is 160 Å². The summed E-state index contributed by atoms with van der Waals surface area (Å²) in [5.74, 6) is 0. The molecule has 3 rings (SSSR count). The molecule has 0 aliphatic rings. The van der Waals surface area contributed by atoms with Gasteiger partial charge in [0.15, 0.2) is 0 Å². The molecule has 27 heavy (non-hydrogen) atoms. The first-order valence-corrected chi connectivity index (χ1v) is 10.9. The van der Waals surface area contributed by atoms with Gasteiger partial charge in [-0.15, -0.1) is 0 Å². The van der Waals surface area contributed by atoms with E-state index < -0.39 is 7.60 Å². The Morgan fingerprint density at radius 1 is 0.889 bits per heavy atom. The quantitative estimate of drug-likeness (QED) is 0.491. The highest BCUT2D eigenvalue weighted by Gasteiger charge is 2.27. The van der Waals surface area contributed by atoms with Gasteiger partial charge in [0.05, 0.1) is 41.8 Å². The van der Waals surface area contributed by atoms with Gasteiger partial charge in [0.1, 0.15) is 0 Å². The van der Waals surface area contributed by atoms with Crippen LogP contribution in [0.5, 0.6) is 0 Å². The van der Waals surface area contributed by atoms with Crippen LogP contribution in [0.25, 0.3) is 22.3 Å². The maximum absolute atomic E-state index is 13.1. The van der Waals surface area contributed by atoms with Gasteiger partial charge in [-0.3, -0.25) is 4.57 Å². The standard InChI is InChI=1S/C21H25N2O3P/c1-5-25-27(24,26-6-2)14-20-21(17-10-8-7-9-11-17)23-19-13-16(4)15(3)12-18(19)22-20/h7-13H,5-6,14H2,1-4H3. The Balaban J connectivity index is 2.19. The number of nitrogens with zero attached hydrogens (tertiary/aromatic N) is 2. The van der Waals surface area contributed by atoms with Gasteiger partial charge in [0.2, 0.25) is 0 Å². The lowest BCUT2D eigenvalue weighted by Gasteiger charge is -2.18. The third-order valence-corrected chi connectivity index (χ3v) is 6.38. The average molecular weight is 384 g/mol. The second kappa shape index (κ2) is 8.30. The number of aryl methyl sites for hydroxylation is 2. The molecule has 6 heteroatoms. The summed E-state index contributed by atoms with van der Waals surface area (Å²) in [4.78, 5) is 9.67. The lowest BCUT2D eigenvalue weighted by atomic mass is 10.1. The molecule has 0 fully saturated rings. The van der Waals surface area contributed by atoms with E-state index in [1.165, 1.54) is 0 Å². The second-order valence-corrected chi connectivity index (χ2v) is 8.47. The molecule has 0 radical (unpaired) electrons. The predicted octanol–water partition coefficient (Wildman–Crippen LogP) is 5.68. The van der Waals surface area contributed by atoms with E-state index in [1.54, 1.807) is 0 Å². The van der Waals surface area contributed by atoms with Crippen molar-refractivity contribution in [2.24, 2.45) is 0 Å². The van der Waals surface area contributed by atoms with Gasteiger partial charge >= 0.3 is 7.60 Å². The van der Waals surface area contributed by atoms with Crippen LogP contribution in [0, 0.1) is 13.8 Å². The Bertz CT molecular complexity index is 980. The highest BCUT2D eigenvalue weighted by molar-refractivity contribution is 7.53. The van der Waals surface area contributed by atoms with Crippen LogP contribution >= 0.6 is 7.60 Å². The van der Waals surface area contributed by atoms with Crippen molar-refractivity contribution in [1.29, 1.82) is 0 Å². The number of fused-ring (bicyclic) bond motifs is 1. The first-order chi connectivity index (χ1) is 13.0. The highest BCUT2D eigenvalue weighted by Crippen LogP contribution is 2.52. The van der Waals surface area contributed by atoms with E-state index in [9.17, 15) is 4.57 Å². The molecule has 0 saturated carbocycles. The minimum atomic E-state index is -3.29.